The van der Waals surface area contributed by atoms with E-state index in [1.54, 1.807) is 0 Å². The molecule has 0 aliphatic carbocycles. The number of carbonyl (C=O) groups excluding carboxylic acids is 1. The maximum atomic E-state index is 11.8. The van der Waals surface area contributed by atoms with Crippen molar-refractivity contribution in [1.82, 2.24) is 0 Å². The average Bonchev–Trinajstić information content (AvgIpc) is 2.86. The third kappa shape index (κ3) is 3.03. The molecule has 2 rings (SSSR count). The molecular formula is C14H17ClO3. The molecular weight excluding hydrogens is 252 g/mol. The molecule has 1 aliphatic rings. The van der Waals surface area contributed by atoms with Crippen molar-refractivity contribution in [3.8, 4) is 5.75 Å². The van der Waals surface area contributed by atoms with Crippen LogP contribution in [0.3, 0.4) is 0 Å². The summed E-state index contributed by atoms with van der Waals surface area (Å²) in [6.07, 6.45) is 0.806. The number of hydrogen-bond donors (Lipinski definition) is 0. The molecule has 98 valence electrons. The highest BCUT2D eigenvalue weighted by atomic mass is 35.5. The Bertz CT molecular complexity index is 427. The normalized spacial score (nSPS) is 18.9. The lowest BCUT2D eigenvalue weighted by atomic mass is 10.0. The Morgan fingerprint density at radius 2 is 2.11 bits per heavy atom. The van der Waals surface area contributed by atoms with Crippen molar-refractivity contribution in [1.29, 1.82) is 0 Å². The molecule has 1 aromatic carbocycles. The molecule has 1 heterocycles. The van der Waals surface area contributed by atoms with Gasteiger partial charge in [0.05, 0.1) is 6.61 Å². The fourth-order valence-electron chi connectivity index (χ4n) is 2.05. The number of Topliss-reactive ketones (excluding diaryl/α,β-unsaturated/α-hetero) is 1. The molecule has 1 aliphatic heterocycles. The summed E-state index contributed by atoms with van der Waals surface area (Å²) in [4.78, 5) is 11.8. The van der Waals surface area contributed by atoms with Crippen LogP contribution in [-0.2, 0) is 9.53 Å². The number of ketones is 1. The first-order valence-electron chi connectivity index (χ1n) is 6.08. The van der Waals surface area contributed by atoms with E-state index in [-0.39, 0.29) is 18.3 Å². The molecule has 0 saturated carbocycles. The van der Waals surface area contributed by atoms with Crippen molar-refractivity contribution in [2.45, 2.75) is 20.3 Å². The first-order valence-corrected chi connectivity index (χ1v) is 6.45. The highest BCUT2D eigenvalue weighted by Crippen LogP contribution is 2.26. The SMILES string of the molecule is Cc1cc(OCC(=O)C2CCOC2)cc(C)c1Cl. The zero-order chi connectivity index (χ0) is 13.1. The summed E-state index contributed by atoms with van der Waals surface area (Å²) in [5.74, 6) is 0.805. The van der Waals surface area contributed by atoms with E-state index in [0.717, 1.165) is 22.6 Å². The van der Waals surface area contributed by atoms with Crippen LogP contribution in [0.2, 0.25) is 5.02 Å². The first kappa shape index (κ1) is 13.4. The highest BCUT2D eigenvalue weighted by Gasteiger charge is 2.23. The number of rotatable bonds is 4. The number of carbonyl (C=O) groups is 1. The Morgan fingerprint density at radius 1 is 1.44 bits per heavy atom. The predicted octanol–water partition coefficient (Wildman–Crippen LogP) is 2.94. The fraction of sp³-hybridized carbons (Fsp3) is 0.500. The quantitative estimate of drug-likeness (QED) is 0.842. The van der Waals surface area contributed by atoms with Crippen molar-refractivity contribution >= 4 is 17.4 Å². The largest absolute Gasteiger partial charge is 0.486 e. The minimum Gasteiger partial charge on any atom is -0.486 e. The molecule has 18 heavy (non-hydrogen) atoms. The van der Waals surface area contributed by atoms with Gasteiger partial charge in [-0.05, 0) is 43.5 Å². The van der Waals surface area contributed by atoms with Crippen molar-refractivity contribution in [2.24, 2.45) is 5.92 Å². The van der Waals surface area contributed by atoms with E-state index in [2.05, 4.69) is 0 Å². The molecule has 0 amide bonds. The number of ether oxygens (including phenoxy) is 2. The maximum Gasteiger partial charge on any atom is 0.175 e. The summed E-state index contributed by atoms with van der Waals surface area (Å²) >= 11 is 6.08. The van der Waals surface area contributed by atoms with Crippen LogP contribution in [0.15, 0.2) is 12.1 Å². The molecule has 0 bridgehead atoms. The predicted molar refractivity (Wildman–Crippen MR) is 70.4 cm³/mol. The first-order chi connectivity index (χ1) is 8.58. The lowest BCUT2D eigenvalue weighted by Crippen LogP contribution is -2.21. The Morgan fingerprint density at radius 3 is 2.67 bits per heavy atom. The van der Waals surface area contributed by atoms with Gasteiger partial charge in [0.15, 0.2) is 5.78 Å². The molecule has 0 N–H and O–H groups in total. The second kappa shape index (κ2) is 5.72. The fourth-order valence-corrected chi connectivity index (χ4v) is 2.16. The monoisotopic (exact) mass is 268 g/mol. The van der Waals surface area contributed by atoms with Crippen molar-refractivity contribution < 1.29 is 14.3 Å². The number of hydrogen-bond acceptors (Lipinski definition) is 3. The standard InChI is InChI=1S/C14H17ClO3/c1-9-5-12(6-10(2)14(9)15)18-8-13(16)11-3-4-17-7-11/h5-6,11H,3-4,7-8H2,1-2H3. The smallest absolute Gasteiger partial charge is 0.175 e. The van der Waals surface area contributed by atoms with Crippen LogP contribution in [0.5, 0.6) is 5.75 Å². The third-order valence-corrected chi connectivity index (χ3v) is 3.77. The molecule has 1 aromatic rings. The van der Waals surface area contributed by atoms with Gasteiger partial charge >= 0.3 is 0 Å². The maximum absolute atomic E-state index is 11.8. The van der Waals surface area contributed by atoms with Crippen molar-refractivity contribution in [3.63, 3.8) is 0 Å². The Labute approximate surface area is 112 Å². The number of halogens is 1. The molecule has 1 fully saturated rings. The highest BCUT2D eigenvalue weighted by molar-refractivity contribution is 6.32. The second-order valence-electron chi connectivity index (χ2n) is 4.69. The van der Waals surface area contributed by atoms with Gasteiger partial charge < -0.3 is 9.47 Å². The van der Waals surface area contributed by atoms with E-state index >= 15 is 0 Å². The van der Waals surface area contributed by atoms with E-state index in [4.69, 9.17) is 21.1 Å². The van der Waals surface area contributed by atoms with Crippen LogP contribution in [0.25, 0.3) is 0 Å². The summed E-state index contributed by atoms with van der Waals surface area (Å²) < 4.78 is 10.7. The van der Waals surface area contributed by atoms with Crippen LogP contribution in [0, 0.1) is 19.8 Å². The van der Waals surface area contributed by atoms with Gasteiger partial charge in [-0.3, -0.25) is 4.79 Å². The Balaban J connectivity index is 1.95. The lowest BCUT2D eigenvalue weighted by Gasteiger charge is -2.11. The van der Waals surface area contributed by atoms with Gasteiger partial charge in [-0.2, -0.15) is 0 Å². The Hall–Kier alpha value is -1.06. The van der Waals surface area contributed by atoms with Gasteiger partial charge in [0.2, 0.25) is 0 Å². The summed E-state index contributed by atoms with van der Waals surface area (Å²) in [5.41, 5.74) is 1.92. The summed E-state index contributed by atoms with van der Waals surface area (Å²) in [6.45, 7) is 5.16. The summed E-state index contributed by atoms with van der Waals surface area (Å²) in [7, 11) is 0. The molecule has 3 nitrogen and oxygen atoms in total. The second-order valence-corrected chi connectivity index (χ2v) is 5.06. The van der Waals surface area contributed by atoms with E-state index in [1.165, 1.54) is 0 Å². The van der Waals surface area contributed by atoms with Gasteiger partial charge in [-0.15, -0.1) is 0 Å². The van der Waals surface area contributed by atoms with E-state index in [0.29, 0.717) is 19.0 Å². The number of benzene rings is 1. The molecule has 1 unspecified atom stereocenters. The van der Waals surface area contributed by atoms with Crippen LogP contribution in [0.4, 0.5) is 0 Å². The lowest BCUT2D eigenvalue weighted by molar-refractivity contribution is -0.124. The van der Waals surface area contributed by atoms with Gasteiger partial charge in [0, 0.05) is 17.5 Å². The topological polar surface area (TPSA) is 35.5 Å². The third-order valence-electron chi connectivity index (χ3n) is 3.18. The van der Waals surface area contributed by atoms with Gasteiger partial charge in [0.1, 0.15) is 12.4 Å². The van der Waals surface area contributed by atoms with Crippen molar-refractivity contribution in [3.05, 3.63) is 28.3 Å². The van der Waals surface area contributed by atoms with Crippen LogP contribution < -0.4 is 4.74 Å². The van der Waals surface area contributed by atoms with Gasteiger partial charge in [0.25, 0.3) is 0 Å². The summed E-state index contributed by atoms with van der Waals surface area (Å²) in [6, 6.07) is 3.71. The zero-order valence-corrected chi connectivity index (χ0v) is 11.4. The van der Waals surface area contributed by atoms with Crippen LogP contribution in [0.1, 0.15) is 17.5 Å². The van der Waals surface area contributed by atoms with Crippen LogP contribution >= 0.6 is 11.6 Å². The molecule has 0 radical (unpaired) electrons. The van der Waals surface area contributed by atoms with E-state index in [9.17, 15) is 4.79 Å². The minimum absolute atomic E-state index is 0.000468. The summed E-state index contributed by atoms with van der Waals surface area (Å²) in [5, 5.41) is 0.748. The minimum atomic E-state index is -0.000468. The molecule has 4 heteroatoms. The average molecular weight is 269 g/mol. The molecule has 0 aromatic heterocycles. The molecule has 0 spiro atoms. The molecule has 1 saturated heterocycles. The zero-order valence-electron chi connectivity index (χ0n) is 10.7. The van der Waals surface area contributed by atoms with E-state index < -0.39 is 0 Å². The Kier molecular flexibility index (Phi) is 4.25. The van der Waals surface area contributed by atoms with Gasteiger partial charge in [-0.1, -0.05) is 11.6 Å². The van der Waals surface area contributed by atoms with Crippen LogP contribution in [-0.4, -0.2) is 25.6 Å². The van der Waals surface area contributed by atoms with Gasteiger partial charge in [-0.25, -0.2) is 0 Å². The molecule has 1 atom stereocenters. The van der Waals surface area contributed by atoms with Crippen molar-refractivity contribution in [2.75, 3.05) is 19.8 Å². The number of aryl methyl sites for hydroxylation is 2. The van der Waals surface area contributed by atoms with E-state index in [1.807, 2.05) is 26.0 Å².